The lowest BCUT2D eigenvalue weighted by Gasteiger charge is -2.08. The number of methoxy groups -OCH3 is 1. The molecule has 9 heteroatoms. The van der Waals surface area contributed by atoms with Gasteiger partial charge in [-0.15, -0.1) is 0 Å². The fraction of sp³-hybridized carbons (Fsp3) is 0.118. The highest BCUT2D eigenvalue weighted by molar-refractivity contribution is 6.64. The molecule has 2 rings (SSSR count). The molecule has 0 aliphatic carbocycles. The SMILES string of the molecule is COc1ccc(C(=O)C(/C=N\N)=N/Nc2ccc(C(F)(F)F)cc2)cc1. The molecule has 26 heavy (non-hydrogen) atoms. The van der Waals surface area contributed by atoms with E-state index in [1.165, 1.54) is 19.2 Å². The van der Waals surface area contributed by atoms with Crippen molar-refractivity contribution in [3.63, 3.8) is 0 Å². The molecule has 0 saturated heterocycles. The number of hydrogen-bond donors (Lipinski definition) is 2. The fourth-order valence-electron chi connectivity index (χ4n) is 1.96. The average Bonchev–Trinajstić information content (AvgIpc) is 2.64. The van der Waals surface area contributed by atoms with Crippen molar-refractivity contribution in [2.45, 2.75) is 6.18 Å². The quantitative estimate of drug-likeness (QED) is 0.356. The molecule has 0 spiro atoms. The minimum Gasteiger partial charge on any atom is -0.497 e. The van der Waals surface area contributed by atoms with Crippen LogP contribution in [0.5, 0.6) is 5.75 Å². The molecule has 0 aliphatic heterocycles. The van der Waals surface area contributed by atoms with Gasteiger partial charge in [-0.3, -0.25) is 10.2 Å². The molecule has 0 fully saturated rings. The van der Waals surface area contributed by atoms with E-state index >= 15 is 0 Å². The van der Waals surface area contributed by atoms with Gasteiger partial charge < -0.3 is 10.6 Å². The second-order valence-electron chi connectivity index (χ2n) is 5.02. The molecule has 0 heterocycles. The van der Waals surface area contributed by atoms with Gasteiger partial charge in [-0.05, 0) is 48.5 Å². The minimum absolute atomic E-state index is 0.113. The van der Waals surface area contributed by atoms with Crippen LogP contribution in [0.25, 0.3) is 0 Å². The molecule has 0 bridgehead atoms. The second kappa shape index (κ2) is 8.15. The summed E-state index contributed by atoms with van der Waals surface area (Å²) in [4.78, 5) is 12.4. The van der Waals surface area contributed by atoms with Crippen LogP contribution in [0.1, 0.15) is 15.9 Å². The van der Waals surface area contributed by atoms with Gasteiger partial charge in [0, 0.05) is 5.56 Å². The van der Waals surface area contributed by atoms with Crippen molar-refractivity contribution < 1.29 is 22.7 Å². The number of rotatable bonds is 6. The fourth-order valence-corrected chi connectivity index (χ4v) is 1.96. The number of nitrogens with zero attached hydrogens (tertiary/aromatic N) is 2. The summed E-state index contributed by atoms with van der Waals surface area (Å²) in [5, 5.41) is 7.15. The van der Waals surface area contributed by atoms with Crippen LogP contribution in [0, 0.1) is 0 Å². The van der Waals surface area contributed by atoms with Gasteiger partial charge in [-0.25, -0.2) is 0 Å². The number of halogens is 3. The van der Waals surface area contributed by atoms with Crippen LogP contribution in [-0.4, -0.2) is 24.8 Å². The predicted molar refractivity (Wildman–Crippen MR) is 92.5 cm³/mol. The Morgan fingerprint density at radius 1 is 1.12 bits per heavy atom. The maximum absolute atomic E-state index is 12.5. The standard InChI is InChI=1S/C17H15F3N4O2/c1-26-14-8-2-11(3-9-14)16(25)15(10-22-21)24-23-13-6-4-12(5-7-13)17(18,19)20/h2-10,23H,21H2,1H3/b22-10-,24-15+. The smallest absolute Gasteiger partial charge is 0.416 e. The number of nitrogens with one attached hydrogen (secondary N) is 1. The molecule has 0 aromatic heterocycles. The molecule has 2 aromatic rings. The number of hydrogen-bond acceptors (Lipinski definition) is 6. The number of Topliss-reactive ketones (excluding diaryl/α,β-unsaturated/α-hetero) is 1. The average molecular weight is 364 g/mol. The number of carbonyl (C=O) groups is 1. The summed E-state index contributed by atoms with van der Waals surface area (Å²) >= 11 is 0. The van der Waals surface area contributed by atoms with Gasteiger partial charge in [-0.2, -0.15) is 23.4 Å². The highest BCUT2D eigenvalue weighted by Gasteiger charge is 2.29. The van der Waals surface area contributed by atoms with Crippen LogP contribution < -0.4 is 16.0 Å². The van der Waals surface area contributed by atoms with Gasteiger partial charge >= 0.3 is 6.18 Å². The molecule has 2 aromatic carbocycles. The molecule has 136 valence electrons. The van der Waals surface area contributed by atoms with Gasteiger partial charge in [0.1, 0.15) is 5.75 Å². The molecule has 3 N–H and O–H groups in total. The first kappa shape index (κ1) is 19.0. The van der Waals surface area contributed by atoms with Crippen LogP contribution in [0.4, 0.5) is 18.9 Å². The Morgan fingerprint density at radius 2 is 1.73 bits per heavy atom. The molecule has 6 nitrogen and oxygen atoms in total. The Hall–Kier alpha value is -3.36. The maximum Gasteiger partial charge on any atom is 0.416 e. The second-order valence-corrected chi connectivity index (χ2v) is 5.02. The molecule has 0 atom stereocenters. The van der Waals surface area contributed by atoms with E-state index in [9.17, 15) is 18.0 Å². The van der Waals surface area contributed by atoms with Crippen molar-refractivity contribution in [2.24, 2.45) is 16.0 Å². The van der Waals surface area contributed by atoms with Gasteiger partial charge in [0.05, 0.1) is 24.6 Å². The lowest BCUT2D eigenvalue weighted by atomic mass is 10.1. The molecule has 0 amide bonds. The van der Waals surface area contributed by atoms with E-state index in [1.807, 2.05) is 0 Å². The van der Waals surface area contributed by atoms with Crippen molar-refractivity contribution in [3.8, 4) is 5.75 Å². The van der Waals surface area contributed by atoms with Crippen molar-refractivity contribution in [1.29, 1.82) is 0 Å². The topological polar surface area (TPSA) is 89.1 Å². The number of ether oxygens (including phenoxy) is 1. The molecule has 0 radical (unpaired) electrons. The number of carbonyl (C=O) groups excluding carboxylic acids is 1. The van der Waals surface area contributed by atoms with E-state index in [1.54, 1.807) is 24.3 Å². The number of ketones is 1. The number of alkyl halides is 3. The third-order valence-corrected chi connectivity index (χ3v) is 3.30. The molecule has 0 saturated carbocycles. The largest absolute Gasteiger partial charge is 0.497 e. The minimum atomic E-state index is -4.43. The highest BCUT2D eigenvalue weighted by atomic mass is 19.4. The van der Waals surface area contributed by atoms with E-state index in [0.29, 0.717) is 11.3 Å². The summed E-state index contributed by atoms with van der Waals surface area (Å²) in [7, 11) is 1.50. The van der Waals surface area contributed by atoms with Crippen LogP contribution in [0.3, 0.4) is 0 Å². The summed E-state index contributed by atoms with van der Waals surface area (Å²) in [6.45, 7) is 0. The zero-order valence-corrected chi connectivity index (χ0v) is 13.6. The predicted octanol–water partition coefficient (Wildman–Crippen LogP) is 3.31. The Kier molecular flexibility index (Phi) is 5.94. The molecular weight excluding hydrogens is 349 g/mol. The summed E-state index contributed by atoms with van der Waals surface area (Å²) in [5.41, 5.74) is 2.19. The Labute approximate surface area is 147 Å². The first-order valence-corrected chi connectivity index (χ1v) is 7.28. The summed E-state index contributed by atoms with van der Waals surface area (Å²) in [6.07, 6.45) is -3.38. The number of nitrogens with two attached hydrogens (primary N) is 1. The lowest BCUT2D eigenvalue weighted by Crippen LogP contribution is -2.18. The van der Waals surface area contributed by atoms with Crippen molar-refractivity contribution in [1.82, 2.24) is 0 Å². The number of hydrazone groups is 2. The van der Waals surface area contributed by atoms with Crippen LogP contribution in [0.2, 0.25) is 0 Å². The van der Waals surface area contributed by atoms with Crippen LogP contribution in [0.15, 0.2) is 58.7 Å². The summed E-state index contributed by atoms with van der Waals surface area (Å²) in [5.74, 6) is 5.20. The van der Waals surface area contributed by atoms with E-state index in [-0.39, 0.29) is 11.4 Å². The van der Waals surface area contributed by atoms with E-state index in [2.05, 4.69) is 15.6 Å². The number of anilines is 1. The molecule has 0 aliphatic rings. The summed E-state index contributed by atoms with van der Waals surface area (Å²) in [6, 6.07) is 10.5. The van der Waals surface area contributed by atoms with Gasteiger partial charge in [0.25, 0.3) is 0 Å². The summed E-state index contributed by atoms with van der Waals surface area (Å²) < 4.78 is 42.7. The van der Waals surface area contributed by atoms with Crippen molar-refractivity contribution >= 4 is 23.4 Å². The Bertz CT molecular complexity index is 813. The molecule has 0 unspecified atom stereocenters. The maximum atomic E-state index is 12.5. The first-order chi connectivity index (χ1) is 12.3. The third kappa shape index (κ3) is 4.82. The Balaban J connectivity index is 2.19. The van der Waals surface area contributed by atoms with Crippen molar-refractivity contribution in [2.75, 3.05) is 12.5 Å². The van der Waals surface area contributed by atoms with Crippen molar-refractivity contribution in [3.05, 3.63) is 59.7 Å². The normalized spacial score (nSPS) is 12.2. The van der Waals surface area contributed by atoms with E-state index < -0.39 is 17.5 Å². The zero-order chi connectivity index (χ0) is 19.2. The third-order valence-electron chi connectivity index (χ3n) is 3.30. The van der Waals surface area contributed by atoms with Gasteiger partial charge in [-0.1, -0.05) is 0 Å². The van der Waals surface area contributed by atoms with Crippen LogP contribution >= 0.6 is 0 Å². The van der Waals surface area contributed by atoms with Gasteiger partial charge in [0.15, 0.2) is 5.71 Å². The van der Waals surface area contributed by atoms with Gasteiger partial charge in [0.2, 0.25) is 5.78 Å². The Morgan fingerprint density at radius 3 is 2.23 bits per heavy atom. The highest BCUT2D eigenvalue weighted by Crippen LogP contribution is 2.29. The number of benzene rings is 2. The monoisotopic (exact) mass is 364 g/mol. The lowest BCUT2D eigenvalue weighted by molar-refractivity contribution is -0.137. The first-order valence-electron chi connectivity index (χ1n) is 7.28. The van der Waals surface area contributed by atoms with Crippen LogP contribution in [-0.2, 0) is 6.18 Å². The van der Waals surface area contributed by atoms with E-state index in [0.717, 1.165) is 18.3 Å². The zero-order valence-electron chi connectivity index (χ0n) is 13.6. The van der Waals surface area contributed by atoms with E-state index in [4.69, 9.17) is 10.6 Å². The molecular formula is C17H15F3N4O2.